The van der Waals surface area contributed by atoms with Gasteiger partial charge >= 0.3 is 5.97 Å². The lowest BCUT2D eigenvalue weighted by atomic mass is 9.94. The van der Waals surface area contributed by atoms with Gasteiger partial charge in [-0.05, 0) is 56.6 Å². The molecular weight excluding hydrogens is 258 g/mol. The van der Waals surface area contributed by atoms with Crippen molar-refractivity contribution in [3.8, 4) is 5.75 Å². The van der Waals surface area contributed by atoms with Crippen LogP contribution in [0.4, 0.5) is 0 Å². The Morgan fingerprint density at radius 1 is 1.35 bits per heavy atom. The van der Waals surface area contributed by atoms with E-state index in [4.69, 9.17) is 9.84 Å². The van der Waals surface area contributed by atoms with Crippen molar-refractivity contribution in [3.63, 3.8) is 0 Å². The molecule has 0 aliphatic heterocycles. The lowest BCUT2D eigenvalue weighted by Crippen LogP contribution is -2.34. The summed E-state index contributed by atoms with van der Waals surface area (Å²) in [5.74, 6) is -0.149. The van der Waals surface area contributed by atoms with Crippen LogP contribution < -0.4 is 10.1 Å². The van der Waals surface area contributed by atoms with Crippen molar-refractivity contribution in [3.05, 3.63) is 28.8 Å². The number of rotatable bonds is 7. The largest absolute Gasteiger partial charge is 0.494 e. The Labute approximate surface area is 119 Å². The van der Waals surface area contributed by atoms with Gasteiger partial charge in [0.15, 0.2) is 0 Å². The molecule has 0 amide bonds. The zero-order valence-electron chi connectivity index (χ0n) is 12.4. The molecule has 112 valence electrons. The molecule has 5 nitrogen and oxygen atoms in total. The molecule has 0 bridgehead atoms. The second-order valence-electron chi connectivity index (χ2n) is 4.85. The number of hydrogen-bond acceptors (Lipinski definition) is 4. The third-order valence-electron chi connectivity index (χ3n) is 3.33. The van der Waals surface area contributed by atoms with Crippen molar-refractivity contribution in [2.24, 2.45) is 0 Å². The number of aliphatic hydroxyl groups excluding tert-OH is 1. The molecule has 0 fully saturated rings. The molecule has 2 unspecified atom stereocenters. The van der Waals surface area contributed by atoms with E-state index in [2.05, 4.69) is 5.32 Å². The molecule has 0 spiro atoms. The number of aryl methyl sites for hydroxylation is 2. The van der Waals surface area contributed by atoms with Gasteiger partial charge in [0.2, 0.25) is 0 Å². The van der Waals surface area contributed by atoms with Gasteiger partial charge in [-0.3, -0.25) is 4.79 Å². The normalized spacial score (nSPS) is 13.8. The standard InChI is InChI=1S/C15H23NO4/c1-5-20-13-7-9(2)11(6-10(13)3)15(19)12(16-4)8-14(17)18/h6-7,12,15-16,19H,5,8H2,1-4H3,(H,17,18). The molecule has 0 radical (unpaired) electrons. The first-order chi connectivity index (χ1) is 9.40. The number of hydrogen-bond donors (Lipinski definition) is 3. The van der Waals surface area contributed by atoms with E-state index in [1.165, 1.54) is 0 Å². The minimum Gasteiger partial charge on any atom is -0.494 e. The highest BCUT2D eigenvalue weighted by atomic mass is 16.5. The van der Waals surface area contributed by atoms with Crippen molar-refractivity contribution in [2.75, 3.05) is 13.7 Å². The second-order valence-corrected chi connectivity index (χ2v) is 4.85. The van der Waals surface area contributed by atoms with E-state index >= 15 is 0 Å². The number of likely N-dealkylation sites (N-methyl/N-ethyl adjacent to an activating group) is 1. The van der Waals surface area contributed by atoms with Gasteiger partial charge in [0, 0.05) is 6.04 Å². The van der Waals surface area contributed by atoms with Crippen LogP contribution in [-0.2, 0) is 4.79 Å². The molecule has 0 aromatic heterocycles. The number of carbonyl (C=O) groups is 1. The number of carboxylic acid groups (broad SMARTS) is 1. The van der Waals surface area contributed by atoms with Crippen LogP contribution >= 0.6 is 0 Å². The van der Waals surface area contributed by atoms with E-state index in [0.717, 1.165) is 22.4 Å². The summed E-state index contributed by atoms with van der Waals surface area (Å²) in [6, 6.07) is 3.21. The van der Waals surface area contributed by atoms with Gasteiger partial charge in [-0.2, -0.15) is 0 Å². The average Bonchev–Trinajstić information content (AvgIpc) is 2.39. The lowest BCUT2D eigenvalue weighted by Gasteiger charge is -2.24. The van der Waals surface area contributed by atoms with Crippen LogP contribution in [0.5, 0.6) is 5.75 Å². The van der Waals surface area contributed by atoms with Gasteiger partial charge in [0.05, 0.1) is 19.1 Å². The zero-order valence-corrected chi connectivity index (χ0v) is 12.4. The average molecular weight is 281 g/mol. The molecule has 0 aliphatic carbocycles. The van der Waals surface area contributed by atoms with Crippen molar-refractivity contribution in [1.82, 2.24) is 5.32 Å². The molecular formula is C15H23NO4. The van der Waals surface area contributed by atoms with Crippen LogP contribution in [0.1, 0.15) is 36.1 Å². The monoisotopic (exact) mass is 281 g/mol. The van der Waals surface area contributed by atoms with Gasteiger partial charge < -0.3 is 20.3 Å². The maximum Gasteiger partial charge on any atom is 0.305 e. The van der Waals surface area contributed by atoms with Crippen LogP contribution in [0.2, 0.25) is 0 Å². The lowest BCUT2D eigenvalue weighted by molar-refractivity contribution is -0.138. The molecule has 5 heteroatoms. The van der Waals surface area contributed by atoms with Gasteiger partial charge in [-0.15, -0.1) is 0 Å². The fourth-order valence-electron chi connectivity index (χ4n) is 2.22. The van der Waals surface area contributed by atoms with Crippen molar-refractivity contribution < 1.29 is 19.7 Å². The van der Waals surface area contributed by atoms with Gasteiger partial charge in [0.25, 0.3) is 0 Å². The third-order valence-corrected chi connectivity index (χ3v) is 3.33. The van der Waals surface area contributed by atoms with Gasteiger partial charge in [-0.25, -0.2) is 0 Å². The predicted octanol–water partition coefficient (Wildman–Crippen LogP) is 1.80. The fraction of sp³-hybridized carbons (Fsp3) is 0.533. The van der Waals surface area contributed by atoms with E-state index in [1.807, 2.05) is 32.9 Å². The summed E-state index contributed by atoms with van der Waals surface area (Å²) in [6.45, 7) is 6.29. The Hall–Kier alpha value is -1.59. The minimum atomic E-state index is -0.941. The molecule has 0 heterocycles. The maximum atomic E-state index is 10.8. The zero-order chi connectivity index (χ0) is 15.3. The Morgan fingerprint density at radius 3 is 2.50 bits per heavy atom. The van der Waals surface area contributed by atoms with Crippen LogP contribution in [0, 0.1) is 13.8 Å². The Balaban J connectivity index is 3.05. The summed E-state index contributed by atoms with van der Waals surface area (Å²) in [5, 5.41) is 22.1. The SMILES string of the molecule is CCOc1cc(C)c(C(O)C(CC(=O)O)NC)cc1C. The molecule has 0 saturated carbocycles. The number of aliphatic hydroxyl groups is 1. The topological polar surface area (TPSA) is 78.8 Å². The number of ether oxygens (including phenoxy) is 1. The van der Waals surface area contributed by atoms with Crippen molar-refractivity contribution in [2.45, 2.75) is 39.3 Å². The third kappa shape index (κ3) is 3.95. The van der Waals surface area contributed by atoms with Crippen LogP contribution in [0.25, 0.3) is 0 Å². The Kier molecular flexibility index (Phi) is 5.98. The van der Waals surface area contributed by atoms with Gasteiger partial charge in [-0.1, -0.05) is 0 Å². The first-order valence-corrected chi connectivity index (χ1v) is 6.71. The summed E-state index contributed by atoms with van der Waals surface area (Å²) < 4.78 is 5.51. The second kappa shape index (κ2) is 7.26. The number of aliphatic carboxylic acids is 1. The summed E-state index contributed by atoms with van der Waals surface area (Å²) in [4.78, 5) is 10.8. The summed E-state index contributed by atoms with van der Waals surface area (Å²) >= 11 is 0. The molecule has 0 aliphatic rings. The molecule has 1 rings (SSSR count). The molecule has 0 saturated heterocycles. The quantitative estimate of drug-likeness (QED) is 0.710. The summed E-state index contributed by atoms with van der Waals surface area (Å²) in [6.07, 6.45) is -1.01. The number of carboxylic acids is 1. The number of nitrogens with one attached hydrogen (secondary N) is 1. The van der Waals surface area contributed by atoms with Crippen LogP contribution in [-0.4, -0.2) is 35.9 Å². The maximum absolute atomic E-state index is 10.8. The predicted molar refractivity (Wildman–Crippen MR) is 77.1 cm³/mol. The van der Waals surface area contributed by atoms with E-state index in [0.29, 0.717) is 6.61 Å². The Morgan fingerprint density at radius 2 is 2.00 bits per heavy atom. The molecule has 1 aromatic carbocycles. The van der Waals surface area contributed by atoms with E-state index < -0.39 is 18.1 Å². The first-order valence-electron chi connectivity index (χ1n) is 6.71. The highest BCUT2D eigenvalue weighted by molar-refractivity contribution is 5.67. The van der Waals surface area contributed by atoms with Crippen LogP contribution in [0.15, 0.2) is 12.1 Å². The molecule has 1 aromatic rings. The smallest absolute Gasteiger partial charge is 0.305 e. The molecule has 2 atom stereocenters. The van der Waals surface area contributed by atoms with Crippen LogP contribution in [0.3, 0.4) is 0 Å². The fourth-order valence-corrected chi connectivity index (χ4v) is 2.22. The Bertz CT molecular complexity index is 473. The number of benzene rings is 1. The van der Waals surface area contributed by atoms with E-state index in [1.54, 1.807) is 7.05 Å². The first kappa shape index (κ1) is 16.5. The van der Waals surface area contributed by atoms with Crippen molar-refractivity contribution >= 4 is 5.97 Å². The molecule has 3 N–H and O–H groups in total. The van der Waals surface area contributed by atoms with E-state index in [9.17, 15) is 9.90 Å². The molecule has 20 heavy (non-hydrogen) atoms. The summed E-state index contributed by atoms with van der Waals surface area (Å²) in [5.41, 5.74) is 2.54. The van der Waals surface area contributed by atoms with Gasteiger partial charge in [0.1, 0.15) is 5.75 Å². The summed E-state index contributed by atoms with van der Waals surface area (Å²) in [7, 11) is 1.65. The highest BCUT2D eigenvalue weighted by Crippen LogP contribution is 2.29. The van der Waals surface area contributed by atoms with E-state index in [-0.39, 0.29) is 6.42 Å². The minimum absolute atomic E-state index is 0.136. The highest BCUT2D eigenvalue weighted by Gasteiger charge is 2.24. The van der Waals surface area contributed by atoms with Crippen molar-refractivity contribution in [1.29, 1.82) is 0 Å².